The molecule has 0 saturated carbocycles. The van der Waals surface area contributed by atoms with Crippen LogP contribution in [0.25, 0.3) is 11.0 Å². The highest BCUT2D eigenvalue weighted by Gasteiger charge is 2.29. The average Bonchev–Trinajstić information content (AvgIpc) is 3.22. The van der Waals surface area contributed by atoms with Gasteiger partial charge in [-0.15, -0.1) is 0 Å². The number of imidazole rings is 1. The van der Waals surface area contributed by atoms with Crippen molar-refractivity contribution in [2.75, 3.05) is 13.1 Å². The van der Waals surface area contributed by atoms with E-state index in [0.717, 1.165) is 35.5 Å². The van der Waals surface area contributed by atoms with Gasteiger partial charge < -0.3 is 9.88 Å². The van der Waals surface area contributed by atoms with Gasteiger partial charge in [-0.25, -0.2) is 15.0 Å². The standard InChI is InChI=1S/C17H17N5O/c1-11-4-6-18-16(21-11)13-5-7-22(9-13)17(23)12-2-3-14-15(8-12)20-10-19-14/h2-4,6,8,10,13H,5,7,9H2,1H3,(H,19,20). The van der Waals surface area contributed by atoms with E-state index in [4.69, 9.17) is 0 Å². The maximum absolute atomic E-state index is 12.7. The van der Waals surface area contributed by atoms with Crippen molar-refractivity contribution in [2.24, 2.45) is 0 Å². The molecule has 1 aromatic carbocycles. The molecular weight excluding hydrogens is 290 g/mol. The normalized spacial score (nSPS) is 17.8. The average molecular weight is 307 g/mol. The summed E-state index contributed by atoms with van der Waals surface area (Å²) in [7, 11) is 0. The lowest BCUT2D eigenvalue weighted by molar-refractivity contribution is 0.0790. The van der Waals surface area contributed by atoms with Crippen LogP contribution in [0, 0.1) is 6.92 Å². The quantitative estimate of drug-likeness (QED) is 0.788. The molecule has 3 aromatic rings. The molecule has 0 radical (unpaired) electrons. The fourth-order valence-electron chi connectivity index (χ4n) is 3.07. The van der Waals surface area contributed by atoms with Crippen molar-refractivity contribution in [1.29, 1.82) is 0 Å². The summed E-state index contributed by atoms with van der Waals surface area (Å²) in [6.45, 7) is 3.37. The minimum atomic E-state index is 0.0525. The van der Waals surface area contributed by atoms with E-state index < -0.39 is 0 Å². The van der Waals surface area contributed by atoms with Gasteiger partial charge in [0.15, 0.2) is 0 Å². The van der Waals surface area contributed by atoms with Crippen LogP contribution in [0.5, 0.6) is 0 Å². The van der Waals surface area contributed by atoms with E-state index in [1.54, 1.807) is 12.5 Å². The van der Waals surface area contributed by atoms with Gasteiger partial charge in [0.05, 0.1) is 17.4 Å². The Bertz CT molecular complexity index is 872. The molecule has 6 heteroatoms. The van der Waals surface area contributed by atoms with E-state index in [0.29, 0.717) is 12.1 Å². The SMILES string of the molecule is Cc1ccnc(C2CCN(C(=O)c3ccc4nc[nH]c4c3)C2)n1. The molecule has 0 bridgehead atoms. The molecule has 1 aliphatic rings. The molecule has 0 aliphatic carbocycles. The molecular formula is C17H17N5O. The minimum Gasteiger partial charge on any atom is -0.345 e. The summed E-state index contributed by atoms with van der Waals surface area (Å²) in [6, 6.07) is 7.46. The number of nitrogens with one attached hydrogen (secondary N) is 1. The zero-order valence-corrected chi connectivity index (χ0v) is 12.9. The molecule has 1 N–H and O–H groups in total. The number of hydrogen-bond acceptors (Lipinski definition) is 4. The number of aromatic amines is 1. The number of carbonyl (C=O) groups is 1. The summed E-state index contributed by atoms with van der Waals surface area (Å²) < 4.78 is 0. The van der Waals surface area contributed by atoms with Gasteiger partial charge in [0.25, 0.3) is 5.91 Å². The third kappa shape index (κ3) is 2.56. The van der Waals surface area contributed by atoms with Gasteiger partial charge in [0.2, 0.25) is 0 Å². The van der Waals surface area contributed by atoms with Crippen molar-refractivity contribution in [3.8, 4) is 0 Å². The smallest absolute Gasteiger partial charge is 0.253 e. The number of H-pyrrole nitrogens is 1. The summed E-state index contributed by atoms with van der Waals surface area (Å²) in [5, 5.41) is 0. The van der Waals surface area contributed by atoms with Crippen molar-refractivity contribution < 1.29 is 4.79 Å². The van der Waals surface area contributed by atoms with Gasteiger partial charge in [-0.1, -0.05) is 0 Å². The van der Waals surface area contributed by atoms with Crippen molar-refractivity contribution in [3.63, 3.8) is 0 Å². The number of aryl methyl sites for hydroxylation is 1. The number of aromatic nitrogens is 4. The Hall–Kier alpha value is -2.76. The van der Waals surface area contributed by atoms with Crippen LogP contribution in [-0.4, -0.2) is 43.8 Å². The van der Waals surface area contributed by atoms with Gasteiger partial charge in [-0.05, 0) is 37.6 Å². The number of nitrogens with zero attached hydrogens (tertiary/aromatic N) is 4. The molecule has 23 heavy (non-hydrogen) atoms. The van der Waals surface area contributed by atoms with Crippen LogP contribution in [-0.2, 0) is 0 Å². The molecule has 6 nitrogen and oxygen atoms in total. The monoisotopic (exact) mass is 307 g/mol. The summed E-state index contributed by atoms with van der Waals surface area (Å²) in [5.74, 6) is 1.11. The lowest BCUT2D eigenvalue weighted by Gasteiger charge is -2.16. The summed E-state index contributed by atoms with van der Waals surface area (Å²) in [5.41, 5.74) is 3.40. The van der Waals surface area contributed by atoms with Crippen LogP contribution < -0.4 is 0 Å². The maximum Gasteiger partial charge on any atom is 0.253 e. The van der Waals surface area contributed by atoms with E-state index in [2.05, 4.69) is 19.9 Å². The van der Waals surface area contributed by atoms with Crippen LogP contribution in [0.2, 0.25) is 0 Å². The van der Waals surface area contributed by atoms with Gasteiger partial charge in [-0.2, -0.15) is 0 Å². The zero-order chi connectivity index (χ0) is 15.8. The second kappa shape index (κ2) is 5.46. The fourth-order valence-corrected chi connectivity index (χ4v) is 3.07. The first-order valence-electron chi connectivity index (χ1n) is 7.72. The van der Waals surface area contributed by atoms with E-state index in [1.165, 1.54) is 0 Å². The number of fused-ring (bicyclic) bond motifs is 1. The van der Waals surface area contributed by atoms with E-state index in [-0.39, 0.29) is 11.8 Å². The topological polar surface area (TPSA) is 74.8 Å². The minimum absolute atomic E-state index is 0.0525. The fraction of sp³-hybridized carbons (Fsp3) is 0.294. The molecule has 1 unspecified atom stereocenters. The molecule has 1 amide bonds. The Morgan fingerprint density at radius 3 is 3.09 bits per heavy atom. The third-order valence-corrected chi connectivity index (χ3v) is 4.32. The third-order valence-electron chi connectivity index (χ3n) is 4.32. The molecule has 2 aromatic heterocycles. The molecule has 3 heterocycles. The first kappa shape index (κ1) is 13.9. The van der Waals surface area contributed by atoms with Crippen molar-refractivity contribution >= 4 is 16.9 Å². The number of carbonyl (C=O) groups excluding carboxylic acids is 1. The van der Waals surface area contributed by atoms with Gasteiger partial charge in [0, 0.05) is 36.5 Å². The van der Waals surface area contributed by atoms with E-state index >= 15 is 0 Å². The van der Waals surface area contributed by atoms with Crippen LogP contribution in [0.4, 0.5) is 0 Å². The lowest BCUT2D eigenvalue weighted by Crippen LogP contribution is -2.28. The number of benzene rings is 1. The molecule has 0 spiro atoms. The maximum atomic E-state index is 12.7. The highest BCUT2D eigenvalue weighted by molar-refractivity contribution is 5.97. The van der Waals surface area contributed by atoms with Crippen LogP contribution in [0.3, 0.4) is 0 Å². The van der Waals surface area contributed by atoms with Crippen molar-refractivity contribution in [1.82, 2.24) is 24.8 Å². The van der Waals surface area contributed by atoms with Crippen LogP contribution in [0.15, 0.2) is 36.8 Å². The largest absolute Gasteiger partial charge is 0.345 e. The molecule has 1 saturated heterocycles. The van der Waals surface area contributed by atoms with Crippen molar-refractivity contribution in [3.05, 3.63) is 53.9 Å². The number of amides is 1. The Labute approximate surface area is 133 Å². The molecule has 4 rings (SSSR count). The van der Waals surface area contributed by atoms with Gasteiger partial charge >= 0.3 is 0 Å². The van der Waals surface area contributed by atoms with E-state index in [9.17, 15) is 4.79 Å². The second-order valence-corrected chi connectivity index (χ2v) is 5.93. The number of hydrogen-bond donors (Lipinski definition) is 1. The predicted octanol–water partition coefficient (Wildman–Crippen LogP) is 2.29. The summed E-state index contributed by atoms with van der Waals surface area (Å²) in [6.07, 6.45) is 4.33. The molecule has 116 valence electrons. The highest BCUT2D eigenvalue weighted by atomic mass is 16.2. The van der Waals surface area contributed by atoms with E-state index in [1.807, 2.05) is 36.1 Å². The Kier molecular flexibility index (Phi) is 3.29. The predicted molar refractivity (Wildman–Crippen MR) is 86.1 cm³/mol. The molecule has 1 atom stereocenters. The molecule has 1 aliphatic heterocycles. The highest BCUT2D eigenvalue weighted by Crippen LogP contribution is 2.26. The van der Waals surface area contributed by atoms with Crippen molar-refractivity contribution in [2.45, 2.75) is 19.3 Å². The second-order valence-electron chi connectivity index (χ2n) is 5.93. The first-order chi connectivity index (χ1) is 11.2. The number of likely N-dealkylation sites (tertiary alicyclic amines) is 1. The Morgan fingerprint density at radius 1 is 1.30 bits per heavy atom. The lowest BCUT2D eigenvalue weighted by atomic mass is 10.1. The summed E-state index contributed by atoms with van der Waals surface area (Å²) in [4.78, 5) is 30.7. The summed E-state index contributed by atoms with van der Waals surface area (Å²) >= 11 is 0. The Morgan fingerprint density at radius 2 is 2.22 bits per heavy atom. The van der Waals surface area contributed by atoms with Crippen LogP contribution in [0.1, 0.15) is 34.2 Å². The molecule has 1 fully saturated rings. The van der Waals surface area contributed by atoms with Gasteiger partial charge in [0.1, 0.15) is 5.82 Å². The first-order valence-corrected chi connectivity index (χ1v) is 7.72. The zero-order valence-electron chi connectivity index (χ0n) is 12.9. The Balaban J connectivity index is 1.53. The van der Waals surface area contributed by atoms with Gasteiger partial charge in [-0.3, -0.25) is 4.79 Å². The van der Waals surface area contributed by atoms with Crippen LogP contribution >= 0.6 is 0 Å². The number of rotatable bonds is 2.